The standard InChI is InChI=1S/C16H29NO3S/c1-20-16(19)15(18)13-7-9-17(10-8-13)11-12-21-14-5-3-2-4-6-14/h13-15,18H,2-12H2,1H3. The van der Waals surface area contributed by atoms with Crippen LogP contribution >= 0.6 is 11.8 Å². The molecule has 0 aromatic carbocycles. The Morgan fingerprint density at radius 3 is 2.52 bits per heavy atom. The average Bonchev–Trinajstić information content (AvgIpc) is 2.55. The lowest BCUT2D eigenvalue weighted by atomic mass is 9.91. The van der Waals surface area contributed by atoms with E-state index in [9.17, 15) is 9.90 Å². The number of carbonyl (C=O) groups is 1. The Hall–Kier alpha value is -0.260. The number of hydrogen-bond acceptors (Lipinski definition) is 5. The lowest BCUT2D eigenvalue weighted by molar-refractivity contribution is -0.154. The highest BCUT2D eigenvalue weighted by Gasteiger charge is 2.30. The van der Waals surface area contributed by atoms with Gasteiger partial charge in [0.05, 0.1) is 7.11 Å². The fraction of sp³-hybridized carbons (Fsp3) is 0.938. The van der Waals surface area contributed by atoms with Crippen LogP contribution in [0.5, 0.6) is 0 Å². The molecular weight excluding hydrogens is 286 g/mol. The van der Waals surface area contributed by atoms with Crippen molar-refractivity contribution in [3.63, 3.8) is 0 Å². The summed E-state index contributed by atoms with van der Waals surface area (Å²) in [5.74, 6) is 0.801. The van der Waals surface area contributed by atoms with Gasteiger partial charge in [-0.3, -0.25) is 0 Å². The third-order valence-corrected chi connectivity index (χ3v) is 6.20. The molecule has 0 radical (unpaired) electrons. The minimum atomic E-state index is -0.936. The summed E-state index contributed by atoms with van der Waals surface area (Å²) in [5, 5.41) is 10.8. The van der Waals surface area contributed by atoms with E-state index in [0.717, 1.165) is 37.7 Å². The summed E-state index contributed by atoms with van der Waals surface area (Å²) in [6.45, 7) is 3.12. The van der Waals surface area contributed by atoms with Gasteiger partial charge in [0.2, 0.25) is 0 Å². The van der Waals surface area contributed by atoms with Crippen molar-refractivity contribution in [1.82, 2.24) is 4.90 Å². The summed E-state index contributed by atoms with van der Waals surface area (Å²) in [6, 6.07) is 0. The van der Waals surface area contributed by atoms with Gasteiger partial charge in [-0.2, -0.15) is 11.8 Å². The van der Waals surface area contributed by atoms with E-state index in [2.05, 4.69) is 21.4 Å². The Kier molecular flexibility index (Phi) is 7.34. The number of aliphatic hydroxyl groups is 1. The summed E-state index contributed by atoms with van der Waals surface area (Å²) >= 11 is 2.14. The third kappa shape index (κ3) is 5.46. The number of likely N-dealkylation sites (tertiary alicyclic amines) is 1. The van der Waals surface area contributed by atoms with Crippen molar-refractivity contribution in [2.24, 2.45) is 5.92 Å². The zero-order chi connectivity index (χ0) is 15.1. The van der Waals surface area contributed by atoms with Crippen LogP contribution in [0.2, 0.25) is 0 Å². The molecule has 2 fully saturated rings. The van der Waals surface area contributed by atoms with Crippen molar-refractivity contribution < 1.29 is 14.6 Å². The van der Waals surface area contributed by atoms with E-state index in [1.54, 1.807) is 0 Å². The van der Waals surface area contributed by atoms with Crippen molar-refractivity contribution in [3.8, 4) is 0 Å². The lowest BCUT2D eigenvalue weighted by Gasteiger charge is -2.33. The molecule has 1 N–H and O–H groups in total. The molecule has 2 rings (SSSR count). The number of nitrogens with zero attached hydrogens (tertiary/aromatic N) is 1. The molecule has 1 saturated heterocycles. The van der Waals surface area contributed by atoms with Crippen molar-refractivity contribution in [2.75, 3.05) is 32.5 Å². The number of esters is 1. The molecule has 0 spiro atoms. The van der Waals surface area contributed by atoms with Crippen LogP contribution in [-0.2, 0) is 9.53 Å². The van der Waals surface area contributed by atoms with Gasteiger partial charge in [-0.15, -0.1) is 0 Å². The van der Waals surface area contributed by atoms with E-state index in [-0.39, 0.29) is 5.92 Å². The van der Waals surface area contributed by atoms with Crippen LogP contribution in [0.25, 0.3) is 0 Å². The molecule has 0 bridgehead atoms. The topological polar surface area (TPSA) is 49.8 Å². The van der Waals surface area contributed by atoms with Crippen molar-refractivity contribution >= 4 is 17.7 Å². The predicted octanol–water partition coefficient (Wildman–Crippen LogP) is 2.30. The molecule has 1 saturated carbocycles. The van der Waals surface area contributed by atoms with Gasteiger partial charge in [-0.05, 0) is 44.7 Å². The van der Waals surface area contributed by atoms with E-state index in [1.165, 1.54) is 45.0 Å². The highest BCUT2D eigenvalue weighted by atomic mass is 32.2. The number of aliphatic hydroxyl groups excluding tert-OH is 1. The number of ether oxygens (including phenoxy) is 1. The predicted molar refractivity (Wildman–Crippen MR) is 86.5 cm³/mol. The number of thioether (sulfide) groups is 1. The second-order valence-corrected chi connectivity index (χ2v) is 7.69. The molecule has 122 valence electrons. The molecular formula is C16H29NO3S. The van der Waals surface area contributed by atoms with Gasteiger partial charge in [0.15, 0.2) is 6.10 Å². The normalized spacial score (nSPS) is 23.9. The Balaban J connectivity index is 1.59. The quantitative estimate of drug-likeness (QED) is 0.762. The first-order valence-corrected chi connectivity index (χ1v) is 9.35. The molecule has 5 heteroatoms. The summed E-state index contributed by atoms with van der Waals surface area (Å²) in [6.07, 6.45) is 7.90. The fourth-order valence-electron chi connectivity index (χ4n) is 3.39. The fourth-order valence-corrected chi connectivity index (χ4v) is 4.75. The molecule has 1 unspecified atom stereocenters. The van der Waals surface area contributed by atoms with Crippen molar-refractivity contribution in [2.45, 2.75) is 56.3 Å². The third-order valence-electron chi connectivity index (χ3n) is 4.83. The van der Waals surface area contributed by atoms with Gasteiger partial charge >= 0.3 is 5.97 Å². The molecule has 1 atom stereocenters. The molecule has 1 heterocycles. The highest BCUT2D eigenvalue weighted by Crippen LogP contribution is 2.28. The number of hydrogen-bond donors (Lipinski definition) is 1. The number of piperidine rings is 1. The van der Waals surface area contributed by atoms with Crippen molar-refractivity contribution in [1.29, 1.82) is 0 Å². The number of methoxy groups -OCH3 is 1. The SMILES string of the molecule is COC(=O)C(O)C1CCN(CCSC2CCCCC2)CC1. The molecule has 21 heavy (non-hydrogen) atoms. The largest absolute Gasteiger partial charge is 0.467 e. The first kappa shape index (κ1) is 17.1. The van der Waals surface area contributed by atoms with Crippen LogP contribution in [0.1, 0.15) is 44.9 Å². The van der Waals surface area contributed by atoms with Crippen LogP contribution in [0.3, 0.4) is 0 Å². The molecule has 1 aliphatic heterocycles. The van der Waals surface area contributed by atoms with Crippen LogP contribution in [0, 0.1) is 5.92 Å². The van der Waals surface area contributed by atoms with Crippen LogP contribution < -0.4 is 0 Å². The zero-order valence-electron chi connectivity index (χ0n) is 13.1. The first-order valence-electron chi connectivity index (χ1n) is 8.30. The maximum Gasteiger partial charge on any atom is 0.334 e. The molecule has 2 aliphatic rings. The second-order valence-electron chi connectivity index (χ2n) is 6.28. The summed E-state index contributed by atoms with van der Waals surface area (Å²) < 4.78 is 4.62. The Labute approximate surface area is 132 Å². The molecule has 0 aromatic heterocycles. The minimum absolute atomic E-state index is 0.0692. The minimum Gasteiger partial charge on any atom is -0.467 e. The zero-order valence-corrected chi connectivity index (χ0v) is 13.9. The maximum atomic E-state index is 11.4. The smallest absolute Gasteiger partial charge is 0.334 e. The average molecular weight is 315 g/mol. The highest BCUT2D eigenvalue weighted by molar-refractivity contribution is 7.99. The number of rotatable bonds is 6. The van der Waals surface area contributed by atoms with Gasteiger partial charge in [0.1, 0.15) is 0 Å². The van der Waals surface area contributed by atoms with Gasteiger partial charge < -0.3 is 14.7 Å². The van der Waals surface area contributed by atoms with Crippen molar-refractivity contribution in [3.05, 3.63) is 0 Å². The summed E-state index contributed by atoms with van der Waals surface area (Å²) in [4.78, 5) is 13.8. The monoisotopic (exact) mass is 315 g/mol. The molecule has 1 aliphatic carbocycles. The van der Waals surface area contributed by atoms with E-state index in [0.29, 0.717) is 0 Å². The second kappa shape index (κ2) is 9.01. The Morgan fingerprint density at radius 2 is 1.90 bits per heavy atom. The molecule has 0 amide bonds. The summed E-state index contributed by atoms with van der Waals surface area (Å²) in [7, 11) is 1.34. The number of carbonyl (C=O) groups excluding carboxylic acids is 1. The van der Waals surface area contributed by atoms with E-state index in [4.69, 9.17) is 0 Å². The van der Waals surface area contributed by atoms with Gasteiger partial charge in [-0.1, -0.05) is 19.3 Å². The molecule has 4 nitrogen and oxygen atoms in total. The van der Waals surface area contributed by atoms with Gasteiger partial charge in [-0.25, -0.2) is 4.79 Å². The van der Waals surface area contributed by atoms with Crippen LogP contribution in [0.15, 0.2) is 0 Å². The van der Waals surface area contributed by atoms with Crippen LogP contribution in [-0.4, -0.2) is 59.8 Å². The van der Waals surface area contributed by atoms with Gasteiger partial charge in [0.25, 0.3) is 0 Å². The van der Waals surface area contributed by atoms with E-state index in [1.807, 2.05) is 0 Å². The summed E-state index contributed by atoms with van der Waals surface area (Å²) in [5.41, 5.74) is 0. The first-order chi connectivity index (χ1) is 10.2. The van der Waals surface area contributed by atoms with Crippen LogP contribution in [0.4, 0.5) is 0 Å². The van der Waals surface area contributed by atoms with Gasteiger partial charge in [0, 0.05) is 17.5 Å². The van der Waals surface area contributed by atoms with E-state index >= 15 is 0 Å². The molecule has 0 aromatic rings. The van der Waals surface area contributed by atoms with E-state index < -0.39 is 12.1 Å². The Morgan fingerprint density at radius 1 is 1.24 bits per heavy atom. The Bertz CT molecular complexity index is 313. The lowest BCUT2D eigenvalue weighted by Crippen LogP contribution is -2.41. The maximum absolute atomic E-state index is 11.4.